The van der Waals surface area contributed by atoms with Gasteiger partial charge >= 0.3 is 0 Å². The van der Waals surface area contributed by atoms with E-state index in [9.17, 15) is 5.11 Å². The Bertz CT molecular complexity index is 610. The summed E-state index contributed by atoms with van der Waals surface area (Å²) in [6, 6.07) is 15.2. The van der Waals surface area contributed by atoms with Gasteiger partial charge in [-0.1, -0.05) is 51.0 Å². The van der Waals surface area contributed by atoms with Crippen LogP contribution in [0.2, 0.25) is 0 Å². The fourth-order valence-corrected chi connectivity index (χ4v) is 2.61. The van der Waals surface area contributed by atoms with Gasteiger partial charge in [0.25, 0.3) is 0 Å². The van der Waals surface area contributed by atoms with Gasteiger partial charge in [-0.25, -0.2) is 0 Å². The predicted octanol–water partition coefficient (Wildman–Crippen LogP) is 5.44. The minimum atomic E-state index is -0.113. The summed E-state index contributed by atoms with van der Waals surface area (Å²) >= 11 is 0. The highest BCUT2D eigenvalue weighted by molar-refractivity contribution is 5.64. The lowest BCUT2D eigenvalue weighted by molar-refractivity contribution is -0.00735. The average Bonchev–Trinajstić information content (AvgIpc) is 2.69. The van der Waals surface area contributed by atoms with Crippen molar-refractivity contribution in [1.82, 2.24) is 0 Å². The molecule has 0 bridgehead atoms. The van der Waals surface area contributed by atoms with Crippen molar-refractivity contribution >= 4 is 0 Å². The molecule has 0 heterocycles. The minimum absolute atomic E-state index is 0.113. The molecule has 0 saturated heterocycles. The van der Waals surface area contributed by atoms with Gasteiger partial charge in [0.15, 0.2) is 0 Å². The van der Waals surface area contributed by atoms with Crippen molar-refractivity contribution in [3.8, 4) is 22.6 Å². The number of benzene rings is 2. The predicted molar refractivity (Wildman–Crippen MR) is 109 cm³/mol. The molecule has 0 aliphatic heterocycles. The van der Waals surface area contributed by atoms with Crippen molar-refractivity contribution < 1.29 is 19.3 Å². The highest BCUT2D eigenvalue weighted by atomic mass is 16.6. The maximum absolute atomic E-state index is 9.41. The van der Waals surface area contributed by atoms with E-state index in [1.54, 1.807) is 12.1 Å². The molecule has 0 unspecified atom stereocenters. The second-order valence-corrected chi connectivity index (χ2v) is 6.67. The molecule has 0 spiro atoms. The van der Waals surface area contributed by atoms with Gasteiger partial charge in [-0.15, -0.1) is 0 Å². The molecule has 0 saturated carbocycles. The van der Waals surface area contributed by atoms with Gasteiger partial charge in [-0.2, -0.15) is 0 Å². The summed E-state index contributed by atoms with van der Waals surface area (Å²) in [5.41, 5.74) is 2.14. The maximum atomic E-state index is 9.41. The van der Waals surface area contributed by atoms with Crippen LogP contribution in [0, 0.1) is 0 Å². The molecule has 0 aromatic heterocycles. The van der Waals surface area contributed by atoms with E-state index in [1.807, 2.05) is 36.4 Å². The molecule has 2 aromatic rings. The van der Waals surface area contributed by atoms with Crippen molar-refractivity contribution in [3.05, 3.63) is 48.5 Å². The fraction of sp³-hybridized carbons (Fsp3) is 0.478. The van der Waals surface area contributed by atoms with Gasteiger partial charge in [-0.3, -0.25) is 0 Å². The largest absolute Gasteiger partial charge is 0.508 e. The number of hydrogen-bond donors (Lipinski definition) is 1. The first-order chi connectivity index (χ1) is 13.2. The van der Waals surface area contributed by atoms with E-state index < -0.39 is 0 Å². The Hall–Kier alpha value is -2.04. The van der Waals surface area contributed by atoms with Crippen LogP contribution >= 0.6 is 0 Å². The first-order valence-electron chi connectivity index (χ1n) is 9.94. The molecule has 148 valence electrons. The summed E-state index contributed by atoms with van der Waals surface area (Å²) in [6.07, 6.45) is 4.25. The Morgan fingerprint density at radius 2 is 1.22 bits per heavy atom. The molecule has 27 heavy (non-hydrogen) atoms. The number of unbranched alkanes of at least 4 members (excludes halogenated alkanes) is 2. The van der Waals surface area contributed by atoms with E-state index in [-0.39, 0.29) is 11.9 Å². The zero-order chi connectivity index (χ0) is 19.3. The quantitative estimate of drug-likeness (QED) is 0.476. The molecule has 0 radical (unpaired) electrons. The number of hydrogen-bond acceptors (Lipinski definition) is 4. The molecule has 0 atom stereocenters. The number of phenolic OH excluding ortho intramolecular Hbond substituents is 1. The summed E-state index contributed by atoms with van der Waals surface area (Å²) in [6.45, 7) is 6.88. The highest BCUT2D eigenvalue weighted by Gasteiger charge is 2.12. The summed E-state index contributed by atoms with van der Waals surface area (Å²) in [5.74, 6) is 1.08. The Morgan fingerprint density at radius 3 is 1.70 bits per heavy atom. The normalized spacial score (nSPS) is 11.1. The van der Waals surface area contributed by atoms with Gasteiger partial charge in [0.05, 0.1) is 13.2 Å². The Balaban J connectivity index is 1.92. The van der Waals surface area contributed by atoms with Crippen LogP contribution in [0.25, 0.3) is 11.1 Å². The first kappa shape index (κ1) is 21.3. The lowest BCUT2D eigenvalue weighted by atomic mass is 10.1. The third-order valence-electron chi connectivity index (χ3n) is 4.25. The van der Waals surface area contributed by atoms with Gasteiger partial charge in [0.1, 0.15) is 17.6 Å². The summed E-state index contributed by atoms with van der Waals surface area (Å²) < 4.78 is 17.6. The van der Waals surface area contributed by atoms with E-state index in [2.05, 4.69) is 13.8 Å². The number of phenols is 1. The molecule has 4 heteroatoms. The van der Waals surface area contributed by atoms with Crippen LogP contribution in [-0.4, -0.2) is 37.6 Å². The van der Waals surface area contributed by atoms with Crippen LogP contribution in [0.5, 0.6) is 11.5 Å². The molecule has 0 amide bonds. The zero-order valence-electron chi connectivity index (χ0n) is 16.5. The minimum Gasteiger partial charge on any atom is -0.508 e. The summed E-state index contributed by atoms with van der Waals surface area (Å²) in [5, 5.41) is 9.41. The Morgan fingerprint density at radius 1 is 0.741 bits per heavy atom. The number of aromatic hydroxyl groups is 1. The van der Waals surface area contributed by atoms with E-state index in [0.29, 0.717) is 13.2 Å². The molecule has 1 N–H and O–H groups in total. The van der Waals surface area contributed by atoms with Crippen LogP contribution in [0.15, 0.2) is 48.5 Å². The second-order valence-electron chi connectivity index (χ2n) is 6.67. The smallest absolute Gasteiger partial charge is 0.145 e. The monoisotopic (exact) mass is 372 g/mol. The van der Waals surface area contributed by atoms with Crippen LogP contribution in [0.3, 0.4) is 0 Å². The van der Waals surface area contributed by atoms with Crippen LogP contribution in [0.4, 0.5) is 0 Å². The Kier molecular flexibility index (Phi) is 9.74. The van der Waals surface area contributed by atoms with Crippen LogP contribution < -0.4 is 4.74 Å². The summed E-state index contributed by atoms with van der Waals surface area (Å²) in [4.78, 5) is 0. The molecule has 0 fully saturated rings. The third-order valence-corrected chi connectivity index (χ3v) is 4.25. The van der Waals surface area contributed by atoms with Crippen LogP contribution in [-0.2, 0) is 9.47 Å². The van der Waals surface area contributed by atoms with E-state index >= 15 is 0 Å². The van der Waals surface area contributed by atoms with Gasteiger partial charge in [0.2, 0.25) is 0 Å². The standard InChI is InChI=1S/C23H32O4/c1-3-5-15-25-17-23(18-26-16-6-4-2)27-22-13-9-20(10-14-22)19-7-11-21(24)12-8-19/h7-14,23-24H,3-6,15-18H2,1-2H3. The zero-order valence-corrected chi connectivity index (χ0v) is 16.5. The fourth-order valence-electron chi connectivity index (χ4n) is 2.61. The second kappa shape index (κ2) is 12.4. The SMILES string of the molecule is CCCCOCC(COCCCC)Oc1ccc(-c2ccc(O)cc2)cc1. The molecule has 2 rings (SSSR count). The maximum Gasteiger partial charge on any atom is 0.145 e. The summed E-state index contributed by atoms with van der Waals surface area (Å²) in [7, 11) is 0. The lowest BCUT2D eigenvalue weighted by Gasteiger charge is -2.20. The van der Waals surface area contributed by atoms with Crippen molar-refractivity contribution in [1.29, 1.82) is 0 Å². The molecular formula is C23H32O4. The molecule has 2 aromatic carbocycles. The van der Waals surface area contributed by atoms with Gasteiger partial charge in [0, 0.05) is 13.2 Å². The van der Waals surface area contributed by atoms with E-state index in [4.69, 9.17) is 14.2 Å². The van der Waals surface area contributed by atoms with E-state index in [1.165, 1.54) is 0 Å². The van der Waals surface area contributed by atoms with Crippen molar-refractivity contribution in [3.63, 3.8) is 0 Å². The number of ether oxygens (including phenoxy) is 3. The molecule has 0 aliphatic carbocycles. The highest BCUT2D eigenvalue weighted by Crippen LogP contribution is 2.24. The van der Waals surface area contributed by atoms with Crippen molar-refractivity contribution in [2.75, 3.05) is 26.4 Å². The molecule has 4 nitrogen and oxygen atoms in total. The number of rotatable bonds is 13. The van der Waals surface area contributed by atoms with Crippen molar-refractivity contribution in [2.24, 2.45) is 0 Å². The first-order valence-corrected chi connectivity index (χ1v) is 9.94. The third kappa shape index (κ3) is 8.02. The van der Waals surface area contributed by atoms with Crippen molar-refractivity contribution in [2.45, 2.75) is 45.6 Å². The lowest BCUT2D eigenvalue weighted by Crippen LogP contribution is -2.29. The van der Waals surface area contributed by atoms with E-state index in [0.717, 1.165) is 55.8 Å². The van der Waals surface area contributed by atoms with Gasteiger partial charge in [-0.05, 0) is 48.2 Å². The molecule has 0 aliphatic rings. The topological polar surface area (TPSA) is 47.9 Å². The average molecular weight is 373 g/mol. The van der Waals surface area contributed by atoms with Crippen LogP contribution in [0.1, 0.15) is 39.5 Å². The molecular weight excluding hydrogens is 340 g/mol. The van der Waals surface area contributed by atoms with Gasteiger partial charge < -0.3 is 19.3 Å². The Labute approximate surface area is 163 Å².